The summed E-state index contributed by atoms with van der Waals surface area (Å²) in [5.74, 6) is 0.739. The zero-order valence-corrected chi connectivity index (χ0v) is 15.9. The van der Waals surface area contributed by atoms with Gasteiger partial charge < -0.3 is 14.4 Å². The molecule has 0 bridgehead atoms. The molecule has 1 aromatic heterocycles. The van der Waals surface area contributed by atoms with Crippen molar-refractivity contribution in [2.24, 2.45) is 5.92 Å². The highest BCUT2D eigenvalue weighted by molar-refractivity contribution is 5.94. The Morgan fingerprint density at radius 1 is 1.31 bits per heavy atom. The molecule has 7 nitrogen and oxygen atoms in total. The van der Waals surface area contributed by atoms with Crippen LogP contribution in [0, 0.1) is 5.92 Å². The Morgan fingerprint density at radius 3 is 2.81 bits per heavy atom. The van der Waals surface area contributed by atoms with E-state index in [4.69, 9.17) is 9.47 Å². The van der Waals surface area contributed by atoms with Crippen LogP contribution in [0.3, 0.4) is 0 Å². The lowest BCUT2D eigenvalue weighted by atomic mass is 9.99. The molecular weight excluding hydrogens is 332 g/mol. The van der Waals surface area contributed by atoms with Crippen LogP contribution >= 0.6 is 0 Å². The molecular formula is C19H30N4O3. The number of amides is 1. The first-order valence-electron chi connectivity index (χ1n) is 9.93. The van der Waals surface area contributed by atoms with E-state index in [2.05, 4.69) is 22.0 Å². The molecule has 1 saturated carbocycles. The molecule has 7 heteroatoms. The third-order valence-electron chi connectivity index (χ3n) is 5.69. The number of nitrogens with one attached hydrogen (secondary N) is 1. The van der Waals surface area contributed by atoms with E-state index in [1.54, 1.807) is 0 Å². The van der Waals surface area contributed by atoms with Gasteiger partial charge in [-0.25, -0.2) is 0 Å². The quantitative estimate of drug-likeness (QED) is 0.833. The van der Waals surface area contributed by atoms with Crippen molar-refractivity contribution >= 4 is 5.91 Å². The van der Waals surface area contributed by atoms with Crippen molar-refractivity contribution in [2.75, 3.05) is 45.9 Å². The SMILES string of the molecule is C[C@@H]1Cc2c(C(=O)N(CCN3CCOCC3)CC3CC3)n[nH]c2[C@H](C)O1. The van der Waals surface area contributed by atoms with Gasteiger partial charge >= 0.3 is 0 Å². The molecule has 3 aliphatic rings. The van der Waals surface area contributed by atoms with Crippen LogP contribution in [0.1, 0.15) is 54.5 Å². The smallest absolute Gasteiger partial charge is 0.274 e. The van der Waals surface area contributed by atoms with Gasteiger partial charge in [-0.2, -0.15) is 5.10 Å². The van der Waals surface area contributed by atoms with Crippen LogP contribution in [-0.2, 0) is 15.9 Å². The van der Waals surface area contributed by atoms with E-state index >= 15 is 0 Å². The summed E-state index contributed by atoms with van der Waals surface area (Å²) in [6.45, 7) is 10.1. The van der Waals surface area contributed by atoms with Gasteiger partial charge in [0.2, 0.25) is 0 Å². The monoisotopic (exact) mass is 362 g/mol. The number of rotatable bonds is 6. The topological polar surface area (TPSA) is 70.7 Å². The molecule has 1 aromatic rings. The van der Waals surface area contributed by atoms with Gasteiger partial charge in [0.15, 0.2) is 5.69 Å². The highest BCUT2D eigenvalue weighted by atomic mass is 16.5. The highest BCUT2D eigenvalue weighted by Gasteiger charge is 2.33. The molecule has 0 aromatic carbocycles. The van der Waals surface area contributed by atoms with E-state index < -0.39 is 0 Å². The van der Waals surface area contributed by atoms with Gasteiger partial charge in [0, 0.05) is 44.7 Å². The summed E-state index contributed by atoms with van der Waals surface area (Å²) < 4.78 is 11.3. The Morgan fingerprint density at radius 2 is 2.08 bits per heavy atom. The average molecular weight is 362 g/mol. The molecule has 4 rings (SSSR count). The van der Waals surface area contributed by atoms with Crippen molar-refractivity contribution in [3.63, 3.8) is 0 Å². The maximum atomic E-state index is 13.3. The second-order valence-corrected chi connectivity index (χ2v) is 7.91. The fourth-order valence-corrected chi connectivity index (χ4v) is 3.98. The number of fused-ring (bicyclic) bond motifs is 1. The van der Waals surface area contributed by atoms with Crippen molar-refractivity contribution in [3.8, 4) is 0 Å². The van der Waals surface area contributed by atoms with Gasteiger partial charge in [-0.05, 0) is 32.6 Å². The average Bonchev–Trinajstić information content (AvgIpc) is 3.35. The minimum Gasteiger partial charge on any atom is -0.379 e. The van der Waals surface area contributed by atoms with Crippen molar-refractivity contribution in [2.45, 2.75) is 45.3 Å². The summed E-state index contributed by atoms with van der Waals surface area (Å²) >= 11 is 0. The molecule has 144 valence electrons. The minimum atomic E-state index is -0.0342. The van der Waals surface area contributed by atoms with Crippen LogP contribution < -0.4 is 0 Å². The Hall–Kier alpha value is -1.44. The van der Waals surface area contributed by atoms with E-state index in [9.17, 15) is 4.79 Å². The van der Waals surface area contributed by atoms with Crippen molar-refractivity contribution in [1.29, 1.82) is 0 Å². The third-order valence-corrected chi connectivity index (χ3v) is 5.69. The number of nitrogens with zero attached hydrogens (tertiary/aromatic N) is 3. The summed E-state index contributed by atoms with van der Waals surface area (Å²) in [6, 6.07) is 0. The third kappa shape index (κ3) is 3.94. The lowest BCUT2D eigenvalue weighted by Gasteiger charge is -2.30. The molecule has 3 heterocycles. The largest absolute Gasteiger partial charge is 0.379 e. The summed E-state index contributed by atoms with van der Waals surface area (Å²) in [6.07, 6.45) is 3.31. The number of morpholine rings is 1. The van der Waals surface area contributed by atoms with Crippen LogP contribution in [0.4, 0.5) is 0 Å². The molecule has 1 aliphatic carbocycles. The normalized spacial score (nSPS) is 26.5. The van der Waals surface area contributed by atoms with Crippen molar-refractivity contribution in [1.82, 2.24) is 20.0 Å². The Labute approximate surface area is 155 Å². The fraction of sp³-hybridized carbons (Fsp3) is 0.789. The predicted octanol–water partition coefficient (Wildman–Crippen LogP) is 1.62. The number of hydrogen-bond acceptors (Lipinski definition) is 5. The van der Waals surface area contributed by atoms with E-state index in [0.29, 0.717) is 11.6 Å². The molecule has 1 N–H and O–H groups in total. The molecule has 2 fully saturated rings. The first-order chi connectivity index (χ1) is 12.6. The molecule has 1 amide bonds. The van der Waals surface area contributed by atoms with E-state index in [1.807, 2.05) is 11.8 Å². The first kappa shape index (κ1) is 17.9. The van der Waals surface area contributed by atoms with Gasteiger partial charge in [-0.1, -0.05) is 0 Å². The van der Waals surface area contributed by atoms with Gasteiger partial charge in [0.1, 0.15) is 0 Å². The van der Waals surface area contributed by atoms with Crippen molar-refractivity contribution < 1.29 is 14.3 Å². The molecule has 26 heavy (non-hydrogen) atoms. The van der Waals surface area contributed by atoms with E-state index in [-0.39, 0.29) is 18.1 Å². The zero-order chi connectivity index (χ0) is 18.1. The van der Waals surface area contributed by atoms with Crippen LogP contribution in [0.2, 0.25) is 0 Å². The molecule has 0 spiro atoms. The number of carbonyl (C=O) groups excluding carboxylic acids is 1. The summed E-state index contributed by atoms with van der Waals surface area (Å²) in [5, 5.41) is 7.45. The first-order valence-corrected chi connectivity index (χ1v) is 9.93. The maximum absolute atomic E-state index is 13.3. The summed E-state index contributed by atoms with van der Waals surface area (Å²) in [5.41, 5.74) is 2.61. The Balaban J connectivity index is 1.47. The zero-order valence-electron chi connectivity index (χ0n) is 15.9. The number of aromatic amines is 1. The molecule has 2 aliphatic heterocycles. The Kier molecular flexibility index (Phi) is 5.29. The van der Waals surface area contributed by atoms with E-state index in [0.717, 1.165) is 63.6 Å². The lowest BCUT2D eigenvalue weighted by Crippen LogP contribution is -2.44. The molecule has 0 unspecified atom stereocenters. The minimum absolute atomic E-state index is 0.0342. The molecule has 2 atom stereocenters. The second kappa shape index (κ2) is 7.66. The van der Waals surface area contributed by atoms with Crippen molar-refractivity contribution in [3.05, 3.63) is 17.0 Å². The van der Waals surface area contributed by atoms with Crippen LogP contribution in [0.5, 0.6) is 0 Å². The molecule has 0 radical (unpaired) electrons. The van der Waals surface area contributed by atoms with Crippen LogP contribution in [0.15, 0.2) is 0 Å². The number of hydrogen-bond donors (Lipinski definition) is 1. The van der Waals surface area contributed by atoms with Gasteiger partial charge in [0.25, 0.3) is 5.91 Å². The van der Waals surface area contributed by atoms with Gasteiger partial charge in [-0.3, -0.25) is 14.8 Å². The highest BCUT2D eigenvalue weighted by Crippen LogP contribution is 2.32. The predicted molar refractivity (Wildman–Crippen MR) is 97.1 cm³/mol. The van der Waals surface area contributed by atoms with Gasteiger partial charge in [0.05, 0.1) is 31.1 Å². The Bertz CT molecular complexity index is 637. The lowest BCUT2D eigenvalue weighted by molar-refractivity contribution is -0.00703. The maximum Gasteiger partial charge on any atom is 0.274 e. The number of carbonyl (C=O) groups is 1. The number of H-pyrrole nitrogens is 1. The van der Waals surface area contributed by atoms with E-state index in [1.165, 1.54) is 12.8 Å². The standard InChI is InChI=1S/C19H30N4O3/c1-13-11-16-17(14(2)26-13)20-21-18(16)19(24)23(12-15-3-4-15)6-5-22-7-9-25-10-8-22/h13-15H,3-12H2,1-2H3,(H,20,21)/t13-,14+/m1/s1. The van der Waals surface area contributed by atoms with Crippen LogP contribution in [0.25, 0.3) is 0 Å². The number of ether oxygens (including phenoxy) is 2. The summed E-state index contributed by atoms with van der Waals surface area (Å²) in [4.78, 5) is 17.7. The summed E-state index contributed by atoms with van der Waals surface area (Å²) in [7, 11) is 0. The number of aromatic nitrogens is 2. The fourth-order valence-electron chi connectivity index (χ4n) is 3.98. The van der Waals surface area contributed by atoms with Gasteiger partial charge in [-0.15, -0.1) is 0 Å². The molecule has 1 saturated heterocycles. The second-order valence-electron chi connectivity index (χ2n) is 7.91. The van der Waals surface area contributed by atoms with Crippen LogP contribution in [-0.4, -0.2) is 77.9 Å².